The number of unbranched alkanes of at least 4 members (excludes halogenated alkanes) is 1. The number of aromatic hydroxyl groups is 2. The lowest BCUT2D eigenvalue weighted by Gasteiger charge is -2.27. The van der Waals surface area contributed by atoms with Crippen LogP contribution >= 0.6 is 0 Å². The number of nitrogens with one attached hydrogen (secondary N) is 8. The van der Waals surface area contributed by atoms with E-state index in [1.807, 2.05) is 0 Å². The molecule has 0 spiro atoms. The summed E-state index contributed by atoms with van der Waals surface area (Å²) in [6, 6.07) is -0.245. The minimum absolute atomic E-state index is 0.0703. The van der Waals surface area contributed by atoms with Gasteiger partial charge in [-0.25, -0.2) is 4.79 Å². The molecule has 412 valence electrons. The maximum Gasteiger partial charge on any atom is 0.326 e. The van der Waals surface area contributed by atoms with E-state index in [2.05, 4.69) is 42.5 Å². The first-order valence-corrected chi connectivity index (χ1v) is 23.7. The summed E-state index contributed by atoms with van der Waals surface area (Å²) in [5.74, 6) is -14.9. The van der Waals surface area contributed by atoms with Crippen LogP contribution in [0.15, 0.2) is 48.5 Å². The number of carboxylic acid groups (broad SMARTS) is 3. The molecule has 8 atom stereocenters. The Kier molecular flexibility index (Phi) is 26.7. The molecule has 0 aliphatic heterocycles. The molecule has 0 saturated heterocycles. The number of carbonyl (C=O) groups excluding carboxylic acids is 9. The Labute approximate surface area is 430 Å². The molecule has 0 heterocycles. The number of benzene rings is 2. The van der Waals surface area contributed by atoms with Crippen molar-refractivity contribution >= 4 is 71.1 Å². The highest BCUT2D eigenvalue weighted by atomic mass is 16.4. The number of carboxylic acids is 3. The molecule has 2 rings (SSSR count). The zero-order valence-electron chi connectivity index (χ0n) is 41.3. The molecule has 75 heavy (non-hydrogen) atoms. The number of hydrogen-bond donors (Lipinski definition) is 16. The summed E-state index contributed by atoms with van der Waals surface area (Å²) in [6.07, 6.45) is -2.90. The molecule has 2 aromatic rings. The van der Waals surface area contributed by atoms with Crippen LogP contribution in [-0.4, -0.2) is 159 Å². The number of primary amides is 1. The molecule has 2 aromatic carbocycles. The van der Waals surface area contributed by atoms with Gasteiger partial charge in [0.1, 0.15) is 53.8 Å². The molecule has 0 aliphatic rings. The third kappa shape index (κ3) is 23.4. The van der Waals surface area contributed by atoms with Crippen molar-refractivity contribution < 1.29 is 83.1 Å². The topological polar surface area (TPSA) is 480 Å². The van der Waals surface area contributed by atoms with Gasteiger partial charge in [0.2, 0.25) is 53.2 Å². The second-order valence-electron chi connectivity index (χ2n) is 17.3. The van der Waals surface area contributed by atoms with Crippen molar-refractivity contribution in [2.24, 2.45) is 23.1 Å². The predicted molar refractivity (Wildman–Crippen MR) is 262 cm³/mol. The monoisotopic (exact) mass is 1060 g/mol. The van der Waals surface area contributed by atoms with Gasteiger partial charge in [0.15, 0.2) is 0 Å². The molecular formula is C47H67N11O17. The number of phenolic OH excluding ortho intramolecular Hbond substituents is 2. The molecule has 0 aromatic heterocycles. The highest BCUT2D eigenvalue weighted by molar-refractivity contribution is 5.99. The van der Waals surface area contributed by atoms with Crippen LogP contribution in [0.3, 0.4) is 0 Å². The van der Waals surface area contributed by atoms with Crippen molar-refractivity contribution in [2.75, 3.05) is 19.6 Å². The van der Waals surface area contributed by atoms with Crippen LogP contribution < -0.4 is 59.7 Å². The summed E-state index contributed by atoms with van der Waals surface area (Å²) in [5, 5.41) is 66.7. The number of hydrogen-bond acceptors (Lipinski definition) is 16. The van der Waals surface area contributed by atoms with Gasteiger partial charge in [0.05, 0.1) is 25.9 Å². The number of rotatable bonds is 34. The van der Waals surface area contributed by atoms with E-state index in [0.717, 1.165) is 0 Å². The fourth-order valence-corrected chi connectivity index (χ4v) is 7.06. The van der Waals surface area contributed by atoms with Crippen LogP contribution in [0.4, 0.5) is 0 Å². The van der Waals surface area contributed by atoms with E-state index in [-0.39, 0.29) is 43.7 Å². The highest BCUT2D eigenvalue weighted by Crippen LogP contribution is 2.15. The van der Waals surface area contributed by atoms with Gasteiger partial charge in [-0.2, -0.15) is 0 Å². The van der Waals surface area contributed by atoms with Crippen molar-refractivity contribution in [3.05, 3.63) is 59.7 Å². The quantitative estimate of drug-likeness (QED) is 0.0296. The first kappa shape index (κ1) is 62.7. The Bertz CT molecular complexity index is 2340. The van der Waals surface area contributed by atoms with E-state index in [9.17, 15) is 83.1 Å². The Morgan fingerprint density at radius 1 is 0.520 bits per heavy atom. The van der Waals surface area contributed by atoms with E-state index < -0.39 is 158 Å². The summed E-state index contributed by atoms with van der Waals surface area (Å²) in [6.45, 7) is 1.91. The van der Waals surface area contributed by atoms with Gasteiger partial charge in [-0.05, 0) is 73.5 Å². The van der Waals surface area contributed by atoms with Crippen LogP contribution in [0.1, 0.15) is 76.3 Å². The van der Waals surface area contributed by atoms with Gasteiger partial charge in [-0.1, -0.05) is 44.5 Å². The van der Waals surface area contributed by atoms with Crippen molar-refractivity contribution in [3.8, 4) is 11.5 Å². The Hall–Kier alpha value is -8.40. The first-order valence-electron chi connectivity index (χ1n) is 23.7. The van der Waals surface area contributed by atoms with E-state index in [4.69, 9.17) is 17.2 Å². The maximum absolute atomic E-state index is 13.8. The second-order valence-corrected chi connectivity index (χ2v) is 17.3. The molecular weight excluding hydrogens is 991 g/mol. The molecule has 0 bridgehead atoms. The summed E-state index contributed by atoms with van der Waals surface area (Å²) in [7, 11) is 0. The molecule has 0 radical (unpaired) electrons. The number of aliphatic carboxylic acids is 3. The molecule has 28 nitrogen and oxygen atoms in total. The number of carbonyl (C=O) groups is 12. The SMILES string of the molecule is CC[C@H](C)[C@H](NC(=O)[C@H](Cc1ccc(O)cc1)NC(=O)[C@H](CCC(=O)O)NC(=O)[C@H](CC(N)=O)NC(=O)CNC(=O)[C@H](CC(=O)O)NC(=O)[C@H](CCCCN)NC(=O)[C@H](Cc1ccc(O)cc1)NC(=O)CN)C(=O)O. The smallest absolute Gasteiger partial charge is 0.326 e. The normalized spacial score (nSPS) is 14.0. The number of phenols is 2. The summed E-state index contributed by atoms with van der Waals surface area (Å²) >= 11 is 0. The largest absolute Gasteiger partial charge is 0.508 e. The van der Waals surface area contributed by atoms with E-state index in [1.54, 1.807) is 13.8 Å². The Morgan fingerprint density at radius 2 is 0.960 bits per heavy atom. The molecule has 0 fully saturated rings. The van der Waals surface area contributed by atoms with E-state index in [1.165, 1.54) is 48.5 Å². The molecule has 0 saturated carbocycles. The summed E-state index contributed by atoms with van der Waals surface area (Å²) < 4.78 is 0. The van der Waals surface area contributed by atoms with Gasteiger partial charge in [0, 0.05) is 19.3 Å². The average molecular weight is 1060 g/mol. The van der Waals surface area contributed by atoms with E-state index in [0.29, 0.717) is 24.0 Å². The van der Waals surface area contributed by atoms with Gasteiger partial charge in [-0.15, -0.1) is 0 Å². The lowest BCUT2D eigenvalue weighted by Crippen LogP contribution is -2.59. The molecule has 9 amide bonds. The fourth-order valence-electron chi connectivity index (χ4n) is 7.06. The lowest BCUT2D eigenvalue weighted by atomic mass is 9.98. The minimum Gasteiger partial charge on any atom is -0.508 e. The summed E-state index contributed by atoms with van der Waals surface area (Å²) in [5.41, 5.74) is 17.3. The van der Waals surface area contributed by atoms with Crippen LogP contribution in [-0.2, 0) is 70.4 Å². The third-order valence-electron chi connectivity index (χ3n) is 11.4. The Balaban J connectivity index is 2.31. The zero-order valence-corrected chi connectivity index (χ0v) is 41.3. The van der Waals surface area contributed by atoms with Gasteiger partial charge in [-0.3, -0.25) is 52.7 Å². The third-order valence-corrected chi connectivity index (χ3v) is 11.4. The summed E-state index contributed by atoms with van der Waals surface area (Å²) in [4.78, 5) is 155. The van der Waals surface area contributed by atoms with Crippen LogP contribution in [0.25, 0.3) is 0 Å². The van der Waals surface area contributed by atoms with Gasteiger partial charge >= 0.3 is 17.9 Å². The molecule has 0 unspecified atom stereocenters. The van der Waals surface area contributed by atoms with Crippen molar-refractivity contribution in [2.45, 2.75) is 120 Å². The second kappa shape index (κ2) is 31.9. The lowest BCUT2D eigenvalue weighted by molar-refractivity contribution is -0.144. The zero-order chi connectivity index (χ0) is 56.4. The standard InChI is InChI=1S/C47H67N11O17/c1-3-24(2)40(47(74)75)58-46(73)32(19-26-9-13-28(60)14-10-26)56-43(70)30(15-16-38(64)65)55-45(72)33(20-35(50)61)53-37(63)23-51-41(68)34(21-39(66)67)57-42(69)29(6-4-5-17-48)54-44(71)31(52-36(62)22-49)18-25-7-11-27(59)12-8-25/h7-14,24,29-34,40,59-60H,3-6,15-23,48-49H2,1-2H3,(H2,50,61)(H,51,68)(H,52,62)(H,53,63)(H,54,71)(H,55,72)(H,56,70)(H,57,69)(H,58,73)(H,64,65)(H,66,67)(H,74,75)/t24-,29-,30-,31-,32-,33-,34-,40-/m0/s1. The molecule has 0 aliphatic carbocycles. The average Bonchev–Trinajstić information content (AvgIpc) is 3.35. The maximum atomic E-state index is 13.8. The fraction of sp³-hybridized carbons (Fsp3) is 0.489. The molecule has 28 heteroatoms. The number of amides is 9. The Morgan fingerprint density at radius 3 is 1.43 bits per heavy atom. The highest BCUT2D eigenvalue weighted by Gasteiger charge is 2.35. The van der Waals surface area contributed by atoms with E-state index >= 15 is 0 Å². The van der Waals surface area contributed by atoms with Crippen molar-refractivity contribution in [1.29, 1.82) is 0 Å². The van der Waals surface area contributed by atoms with Crippen LogP contribution in [0, 0.1) is 5.92 Å². The first-order chi connectivity index (χ1) is 35.4. The van der Waals surface area contributed by atoms with Crippen molar-refractivity contribution in [1.82, 2.24) is 42.5 Å². The van der Waals surface area contributed by atoms with Crippen LogP contribution in [0.5, 0.6) is 11.5 Å². The molecule has 19 N–H and O–H groups in total. The minimum atomic E-state index is -1.91. The number of nitrogens with two attached hydrogens (primary N) is 3. The van der Waals surface area contributed by atoms with Crippen molar-refractivity contribution in [3.63, 3.8) is 0 Å². The predicted octanol–water partition coefficient (Wildman–Crippen LogP) is -4.17. The van der Waals surface area contributed by atoms with Gasteiger partial charge in [0.25, 0.3) is 0 Å². The van der Waals surface area contributed by atoms with Crippen LogP contribution in [0.2, 0.25) is 0 Å². The van der Waals surface area contributed by atoms with Gasteiger partial charge < -0.3 is 85.3 Å².